The Morgan fingerprint density at radius 1 is 1.05 bits per heavy atom. The third-order valence-corrected chi connectivity index (χ3v) is 11.0. The van der Waals surface area contributed by atoms with Crippen LogP contribution < -0.4 is 15.5 Å². The first-order valence-electron chi connectivity index (χ1n) is 13.9. The van der Waals surface area contributed by atoms with Crippen molar-refractivity contribution < 1.29 is 23.1 Å². The molecular weight excluding hydrogens is 518 g/mol. The van der Waals surface area contributed by atoms with Gasteiger partial charge in [0.1, 0.15) is 11.5 Å². The number of nitrogens with zero attached hydrogens (tertiary/aromatic N) is 4. The fourth-order valence-electron chi connectivity index (χ4n) is 6.88. The summed E-state index contributed by atoms with van der Waals surface area (Å²) in [5.74, 6) is 0.671. The van der Waals surface area contributed by atoms with Crippen LogP contribution in [0.5, 0.6) is 0 Å². The van der Waals surface area contributed by atoms with Crippen LogP contribution in [0.2, 0.25) is 0 Å². The van der Waals surface area contributed by atoms with Gasteiger partial charge in [0.05, 0.1) is 41.6 Å². The summed E-state index contributed by atoms with van der Waals surface area (Å²) in [6.07, 6.45) is 4.45. The van der Waals surface area contributed by atoms with Crippen LogP contribution in [0.1, 0.15) is 50.2 Å². The third kappa shape index (κ3) is 4.57. The van der Waals surface area contributed by atoms with Gasteiger partial charge in [-0.05, 0) is 37.8 Å². The van der Waals surface area contributed by atoms with Gasteiger partial charge in [-0.2, -0.15) is 20.8 Å². The highest BCUT2D eigenvalue weighted by atomic mass is 32.3. The van der Waals surface area contributed by atoms with Crippen molar-refractivity contribution in [3.8, 4) is 17.3 Å². The number of rotatable bonds is 6. The first-order valence-corrected chi connectivity index (χ1v) is 15.8. The molecule has 4 fully saturated rings. The maximum absolute atomic E-state index is 13.3. The zero-order chi connectivity index (χ0) is 27.3. The standard InChI is InChI=1S/C28H37N5O5S/c29-19-27(9-10-27)28(25(30)34)8-2-1-3-22(28)24-23(31-26(38-24)33-11-15-37-16-12-33)20-4-6-21(7-5-20)32-13-17-39(35,36)18-14-32/h4-7,22,35-36H,1-3,8-18H2,(H2,30,34). The van der Waals surface area contributed by atoms with E-state index in [9.17, 15) is 19.2 Å². The molecule has 2 unspecified atom stereocenters. The van der Waals surface area contributed by atoms with E-state index in [0.717, 1.165) is 30.5 Å². The normalized spacial score (nSPS) is 28.9. The molecule has 10 nitrogen and oxygen atoms in total. The van der Waals surface area contributed by atoms with E-state index >= 15 is 0 Å². The van der Waals surface area contributed by atoms with E-state index in [1.807, 2.05) is 24.3 Å². The number of hydrogen-bond donors (Lipinski definition) is 3. The number of morpholine rings is 1. The van der Waals surface area contributed by atoms with Gasteiger partial charge in [0, 0.05) is 43.3 Å². The van der Waals surface area contributed by atoms with Gasteiger partial charge in [-0.25, -0.2) is 0 Å². The second kappa shape index (κ2) is 10.0. The second-order valence-electron chi connectivity index (χ2n) is 11.4. The van der Waals surface area contributed by atoms with Gasteiger partial charge in [-0.3, -0.25) is 13.9 Å². The van der Waals surface area contributed by atoms with Crippen LogP contribution in [0, 0.1) is 22.2 Å². The Bertz CT molecular complexity index is 1250. The Morgan fingerprint density at radius 2 is 1.74 bits per heavy atom. The number of nitriles is 1. The average Bonchev–Trinajstić information content (AvgIpc) is 3.64. The van der Waals surface area contributed by atoms with E-state index in [4.69, 9.17) is 19.9 Å². The van der Waals surface area contributed by atoms with Crippen LogP contribution >= 0.6 is 10.6 Å². The zero-order valence-electron chi connectivity index (χ0n) is 22.2. The topological polar surface area (TPSA) is 149 Å². The summed E-state index contributed by atoms with van der Waals surface area (Å²) in [6, 6.07) is 11.1. The Hall–Kier alpha value is -2.78. The molecule has 11 heteroatoms. The number of primary amides is 1. The third-order valence-electron chi connectivity index (χ3n) is 9.29. The Balaban J connectivity index is 1.40. The highest BCUT2D eigenvalue weighted by molar-refractivity contribution is 8.24. The molecular formula is C28H37N5O5S. The Labute approximate surface area is 230 Å². The van der Waals surface area contributed by atoms with Crippen molar-refractivity contribution in [2.45, 2.75) is 44.4 Å². The zero-order valence-corrected chi connectivity index (χ0v) is 23.0. The highest BCUT2D eigenvalue weighted by Crippen LogP contribution is 2.68. The summed E-state index contributed by atoms with van der Waals surface area (Å²) in [6.45, 7) is 3.71. The Kier molecular flexibility index (Phi) is 6.78. The van der Waals surface area contributed by atoms with Crippen LogP contribution in [-0.4, -0.2) is 70.9 Å². The molecule has 2 aliphatic carbocycles. The van der Waals surface area contributed by atoms with Gasteiger partial charge in [0.15, 0.2) is 0 Å². The molecule has 4 aliphatic rings. The smallest absolute Gasteiger partial charge is 0.298 e. The van der Waals surface area contributed by atoms with Crippen LogP contribution in [0.25, 0.3) is 11.3 Å². The summed E-state index contributed by atoms with van der Waals surface area (Å²) < 4.78 is 32.1. The molecule has 210 valence electrons. The molecule has 1 aromatic heterocycles. The molecule has 2 saturated heterocycles. The molecule has 4 N–H and O–H groups in total. The molecule has 3 heterocycles. The molecule has 0 radical (unpaired) electrons. The van der Waals surface area contributed by atoms with Crippen LogP contribution in [0.15, 0.2) is 28.7 Å². The van der Waals surface area contributed by atoms with Crippen molar-refractivity contribution in [2.75, 3.05) is 60.7 Å². The predicted octanol–water partition coefficient (Wildman–Crippen LogP) is 4.18. The molecule has 2 aromatic rings. The van der Waals surface area contributed by atoms with Gasteiger partial charge in [0.25, 0.3) is 6.01 Å². The fraction of sp³-hybridized carbons (Fsp3) is 0.607. The van der Waals surface area contributed by atoms with Crippen LogP contribution in [0.3, 0.4) is 0 Å². The van der Waals surface area contributed by atoms with Crippen molar-refractivity contribution in [3.05, 3.63) is 30.0 Å². The number of oxazole rings is 1. The molecule has 2 aliphatic heterocycles. The van der Waals surface area contributed by atoms with E-state index in [1.54, 1.807) is 0 Å². The number of carbonyl (C=O) groups is 1. The number of hydrogen-bond acceptors (Lipinski definition) is 9. The lowest BCUT2D eigenvalue weighted by atomic mass is 9.56. The van der Waals surface area contributed by atoms with E-state index < -0.39 is 27.3 Å². The summed E-state index contributed by atoms with van der Waals surface area (Å²) in [4.78, 5) is 22.5. The van der Waals surface area contributed by atoms with Crippen LogP contribution in [0.4, 0.5) is 11.7 Å². The number of anilines is 2. The number of ether oxygens (including phenoxy) is 1. The van der Waals surface area contributed by atoms with Gasteiger partial charge < -0.3 is 24.7 Å². The van der Waals surface area contributed by atoms with Crippen molar-refractivity contribution >= 4 is 28.2 Å². The second-order valence-corrected chi connectivity index (χ2v) is 13.8. The largest absolute Gasteiger partial charge is 0.428 e. The van der Waals surface area contributed by atoms with E-state index in [2.05, 4.69) is 15.9 Å². The minimum atomic E-state index is -2.47. The first kappa shape index (κ1) is 26.4. The molecule has 2 atom stereocenters. The number of amides is 1. The Morgan fingerprint density at radius 3 is 2.36 bits per heavy atom. The predicted molar refractivity (Wildman–Crippen MR) is 150 cm³/mol. The lowest BCUT2D eigenvalue weighted by Gasteiger charge is -2.44. The van der Waals surface area contributed by atoms with Gasteiger partial charge >= 0.3 is 0 Å². The van der Waals surface area contributed by atoms with Gasteiger partial charge in [0.2, 0.25) is 5.91 Å². The SMILES string of the molecule is N#CC1(C2(C(N)=O)CCCCC2c2oc(N3CCOCC3)nc2-c2ccc(N3CCS(O)(O)CC3)cc2)CC1. The minimum absolute atomic E-state index is 0.324. The van der Waals surface area contributed by atoms with Crippen molar-refractivity contribution in [1.29, 1.82) is 5.26 Å². The molecule has 0 spiro atoms. The van der Waals surface area contributed by atoms with Crippen molar-refractivity contribution in [2.24, 2.45) is 16.6 Å². The van der Waals surface area contributed by atoms with E-state index in [0.29, 0.717) is 87.6 Å². The maximum Gasteiger partial charge on any atom is 0.298 e. The number of nitrogens with two attached hydrogens (primary N) is 1. The quantitative estimate of drug-likeness (QED) is 0.477. The van der Waals surface area contributed by atoms with Crippen molar-refractivity contribution in [3.63, 3.8) is 0 Å². The molecule has 1 aromatic carbocycles. The van der Waals surface area contributed by atoms with E-state index in [1.165, 1.54) is 0 Å². The summed E-state index contributed by atoms with van der Waals surface area (Å²) in [5, 5.41) is 10.2. The molecule has 1 amide bonds. The van der Waals surface area contributed by atoms with Gasteiger partial charge in [-0.1, -0.05) is 25.0 Å². The highest BCUT2D eigenvalue weighted by Gasteiger charge is 2.67. The lowest BCUT2D eigenvalue weighted by Crippen LogP contribution is -2.50. The molecule has 0 bridgehead atoms. The lowest BCUT2D eigenvalue weighted by molar-refractivity contribution is -0.135. The number of aromatic nitrogens is 1. The first-order chi connectivity index (χ1) is 18.8. The van der Waals surface area contributed by atoms with Gasteiger partial charge in [-0.15, -0.1) is 0 Å². The number of benzene rings is 1. The number of carbonyl (C=O) groups excluding carboxylic acids is 1. The molecule has 39 heavy (non-hydrogen) atoms. The molecule has 2 saturated carbocycles. The summed E-state index contributed by atoms with van der Waals surface area (Å²) >= 11 is 0. The van der Waals surface area contributed by atoms with Crippen LogP contribution in [-0.2, 0) is 9.53 Å². The summed E-state index contributed by atoms with van der Waals surface area (Å²) in [5.41, 5.74) is 7.03. The minimum Gasteiger partial charge on any atom is -0.428 e. The average molecular weight is 556 g/mol. The molecule has 6 rings (SSSR count). The summed E-state index contributed by atoms with van der Waals surface area (Å²) in [7, 11) is -2.47. The maximum atomic E-state index is 13.3. The fourth-order valence-corrected chi connectivity index (χ4v) is 8.11. The van der Waals surface area contributed by atoms with E-state index in [-0.39, 0.29) is 5.92 Å². The van der Waals surface area contributed by atoms with Crippen molar-refractivity contribution in [1.82, 2.24) is 4.98 Å². The monoisotopic (exact) mass is 555 g/mol.